The molecule has 2 aromatic rings. The molecule has 26 heavy (non-hydrogen) atoms. The molecule has 8 heteroatoms. The van der Waals surface area contributed by atoms with Crippen molar-refractivity contribution in [2.24, 2.45) is 10.2 Å². The molecule has 2 aromatic carbocycles. The second-order valence-corrected chi connectivity index (χ2v) is 7.49. The third kappa shape index (κ3) is 4.78. The first kappa shape index (κ1) is 18.8. The average Bonchev–Trinajstić information content (AvgIpc) is 2.97. The number of thioether (sulfide) groups is 1. The molecule has 1 amide bonds. The number of ether oxygens (including phenoxy) is 1. The minimum atomic E-state index is -0.302. The van der Waals surface area contributed by atoms with Crippen LogP contribution in [0.25, 0.3) is 0 Å². The third-order valence-corrected chi connectivity index (χ3v) is 5.33. The summed E-state index contributed by atoms with van der Waals surface area (Å²) < 4.78 is 5.10. The van der Waals surface area contributed by atoms with Crippen molar-refractivity contribution in [1.29, 1.82) is 0 Å². The lowest BCUT2D eigenvalue weighted by Gasteiger charge is -2.07. The van der Waals surface area contributed by atoms with Crippen LogP contribution in [0.5, 0.6) is 5.75 Å². The average molecular weight is 408 g/mol. The normalized spacial score (nSPS) is 18.5. The lowest BCUT2D eigenvalue weighted by atomic mass is 10.1. The molecule has 0 bridgehead atoms. The number of nitrogens with one attached hydrogen (secondary N) is 1. The van der Waals surface area contributed by atoms with Crippen LogP contribution in [-0.4, -0.2) is 29.6 Å². The van der Waals surface area contributed by atoms with Gasteiger partial charge in [0.15, 0.2) is 5.17 Å². The molecule has 1 unspecified atom stereocenters. The highest BCUT2D eigenvalue weighted by atomic mass is 35.5. The molecule has 5 nitrogen and oxygen atoms in total. The number of benzene rings is 2. The van der Waals surface area contributed by atoms with E-state index in [1.165, 1.54) is 11.8 Å². The van der Waals surface area contributed by atoms with E-state index < -0.39 is 0 Å². The van der Waals surface area contributed by atoms with E-state index in [1.807, 2.05) is 30.3 Å². The molecule has 134 valence electrons. The summed E-state index contributed by atoms with van der Waals surface area (Å²) >= 11 is 13.4. The van der Waals surface area contributed by atoms with Crippen LogP contribution in [0.4, 0.5) is 0 Å². The Morgan fingerprint density at radius 3 is 2.69 bits per heavy atom. The fourth-order valence-corrected chi connectivity index (χ4v) is 3.75. The Morgan fingerprint density at radius 2 is 2.00 bits per heavy atom. The maximum absolute atomic E-state index is 12.1. The molecule has 0 aromatic heterocycles. The van der Waals surface area contributed by atoms with E-state index in [0.29, 0.717) is 21.6 Å². The van der Waals surface area contributed by atoms with Crippen molar-refractivity contribution in [3.05, 3.63) is 63.6 Å². The van der Waals surface area contributed by atoms with Crippen LogP contribution in [0.15, 0.2) is 52.7 Å². The van der Waals surface area contributed by atoms with Gasteiger partial charge in [-0.05, 0) is 53.9 Å². The fourth-order valence-electron chi connectivity index (χ4n) is 2.31. The Morgan fingerprint density at radius 1 is 1.23 bits per heavy atom. The number of carbonyl (C=O) groups is 1. The van der Waals surface area contributed by atoms with Gasteiger partial charge >= 0.3 is 0 Å². The van der Waals surface area contributed by atoms with E-state index in [0.717, 1.165) is 16.9 Å². The molecule has 1 atom stereocenters. The predicted molar refractivity (Wildman–Crippen MR) is 108 cm³/mol. The molecule has 1 aliphatic rings. The molecule has 0 saturated carbocycles. The second-order valence-electron chi connectivity index (χ2n) is 5.46. The molecule has 3 rings (SSSR count). The predicted octanol–water partition coefficient (Wildman–Crippen LogP) is 4.17. The van der Waals surface area contributed by atoms with Crippen LogP contribution < -0.4 is 10.1 Å². The Kier molecular flexibility index (Phi) is 6.19. The summed E-state index contributed by atoms with van der Waals surface area (Å²) in [6.45, 7) is 0. The molecule has 0 spiro atoms. The van der Waals surface area contributed by atoms with Crippen LogP contribution in [0.2, 0.25) is 10.0 Å². The van der Waals surface area contributed by atoms with Gasteiger partial charge in [-0.2, -0.15) is 5.10 Å². The summed E-state index contributed by atoms with van der Waals surface area (Å²) in [4.78, 5) is 12.1. The number of hydrogen-bond donors (Lipinski definition) is 1. The Hall–Kier alpha value is -2.02. The summed E-state index contributed by atoms with van der Waals surface area (Å²) in [5.41, 5.74) is 1.75. The van der Waals surface area contributed by atoms with Crippen LogP contribution >= 0.6 is 35.0 Å². The first-order chi connectivity index (χ1) is 12.5. The van der Waals surface area contributed by atoms with Gasteiger partial charge < -0.3 is 10.1 Å². The second kappa shape index (κ2) is 8.58. The van der Waals surface area contributed by atoms with Gasteiger partial charge in [-0.3, -0.25) is 4.79 Å². The van der Waals surface area contributed by atoms with E-state index in [-0.39, 0.29) is 11.2 Å². The van der Waals surface area contributed by atoms with Crippen molar-refractivity contribution >= 4 is 52.3 Å². The van der Waals surface area contributed by atoms with Crippen molar-refractivity contribution in [2.75, 3.05) is 7.11 Å². The van der Waals surface area contributed by atoms with Gasteiger partial charge in [-0.25, -0.2) is 0 Å². The zero-order valence-electron chi connectivity index (χ0n) is 13.8. The zero-order valence-corrected chi connectivity index (χ0v) is 16.1. The van der Waals surface area contributed by atoms with E-state index in [1.54, 1.807) is 25.5 Å². The fraction of sp³-hybridized carbons (Fsp3) is 0.167. The highest BCUT2D eigenvalue weighted by Gasteiger charge is 2.30. The van der Waals surface area contributed by atoms with Gasteiger partial charge in [-0.15, -0.1) is 5.10 Å². The molecule has 1 fully saturated rings. The number of halogens is 2. The largest absolute Gasteiger partial charge is 0.497 e. The lowest BCUT2D eigenvalue weighted by Crippen LogP contribution is -2.26. The topological polar surface area (TPSA) is 63.1 Å². The summed E-state index contributed by atoms with van der Waals surface area (Å²) in [6.07, 6.45) is 2.11. The monoisotopic (exact) mass is 407 g/mol. The van der Waals surface area contributed by atoms with E-state index in [2.05, 4.69) is 15.5 Å². The molecule has 0 radical (unpaired) electrons. The minimum absolute atomic E-state index is 0.112. The highest BCUT2D eigenvalue weighted by Crippen LogP contribution is 2.28. The van der Waals surface area contributed by atoms with Gasteiger partial charge in [0.2, 0.25) is 5.91 Å². The van der Waals surface area contributed by atoms with Gasteiger partial charge in [-0.1, -0.05) is 41.0 Å². The first-order valence-corrected chi connectivity index (χ1v) is 9.35. The van der Waals surface area contributed by atoms with Gasteiger partial charge in [0.1, 0.15) is 5.75 Å². The van der Waals surface area contributed by atoms with Crippen molar-refractivity contribution in [2.45, 2.75) is 11.7 Å². The molecule has 1 heterocycles. The van der Waals surface area contributed by atoms with Crippen LogP contribution in [0, 0.1) is 0 Å². The van der Waals surface area contributed by atoms with E-state index in [4.69, 9.17) is 27.9 Å². The number of nitrogens with zero attached hydrogens (tertiary/aromatic N) is 2. The number of rotatable bonds is 5. The van der Waals surface area contributed by atoms with Gasteiger partial charge in [0.05, 0.1) is 18.6 Å². The number of carbonyl (C=O) groups excluding carboxylic acids is 1. The van der Waals surface area contributed by atoms with Crippen molar-refractivity contribution in [1.82, 2.24) is 5.32 Å². The Bertz CT molecular complexity index is 869. The highest BCUT2D eigenvalue weighted by molar-refractivity contribution is 8.15. The Labute approximate surface area is 165 Å². The first-order valence-electron chi connectivity index (χ1n) is 7.71. The van der Waals surface area contributed by atoms with Gasteiger partial charge in [0, 0.05) is 10.0 Å². The Balaban J connectivity index is 1.62. The van der Waals surface area contributed by atoms with E-state index >= 15 is 0 Å². The lowest BCUT2D eigenvalue weighted by molar-refractivity contribution is -0.118. The number of hydrogen-bond acceptors (Lipinski definition) is 5. The summed E-state index contributed by atoms with van der Waals surface area (Å²) in [6, 6.07) is 12.7. The zero-order chi connectivity index (χ0) is 18.5. The van der Waals surface area contributed by atoms with Crippen molar-refractivity contribution in [3.8, 4) is 5.75 Å². The number of methoxy groups -OCH3 is 1. The SMILES string of the molecule is COc1ccc(/C=N/N=C2\NC(=O)C(Cc3ccc(Cl)cc3Cl)S2)cc1. The molecule has 1 N–H and O–H groups in total. The molecule has 0 aliphatic carbocycles. The third-order valence-electron chi connectivity index (χ3n) is 3.67. The molecule has 1 saturated heterocycles. The smallest absolute Gasteiger partial charge is 0.239 e. The quantitative estimate of drug-likeness (QED) is 0.597. The minimum Gasteiger partial charge on any atom is -0.497 e. The van der Waals surface area contributed by atoms with Crippen LogP contribution in [0.3, 0.4) is 0 Å². The van der Waals surface area contributed by atoms with Crippen molar-refractivity contribution < 1.29 is 9.53 Å². The summed E-state index contributed by atoms with van der Waals surface area (Å²) in [7, 11) is 1.61. The summed E-state index contributed by atoms with van der Waals surface area (Å²) in [5, 5.41) is 12.1. The van der Waals surface area contributed by atoms with Crippen LogP contribution in [-0.2, 0) is 11.2 Å². The van der Waals surface area contributed by atoms with Gasteiger partial charge in [0.25, 0.3) is 0 Å². The van der Waals surface area contributed by atoms with Crippen molar-refractivity contribution in [3.63, 3.8) is 0 Å². The summed E-state index contributed by atoms with van der Waals surface area (Å²) in [5.74, 6) is 0.662. The maximum atomic E-state index is 12.1. The standard InChI is InChI=1S/C18H15Cl2N3O2S/c1-25-14-6-2-11(3-7-14)10-21-23-18-22-17(24)16(26-18)8-12-4-5-13(19)9-15(12)20/h2-7,9-10,16H,8H2,1H3,(H,22,23,24)/b21-10+. The van der Waals surface area contributed by atoms with E-state index in [9.17, 15) is 4.79 Å². The molecule has 1 aliphatic heterocycles. The van der Waals surface area contributed by atoms with Crippen LogP contribution in [0.1, 0.15) is 11.1 Å². The number of amides is 1. The maximum Gasteiger partial charge on any atom is 0.239 e. The molecular formula is C18H15Cl2N3O2S. The number of amidine groups is 1. The molecular weight excluding hydrogens is 393 g/mol.